The molecule has 0 spiro atoms. The van der Waals surface area contributed by atoms with Gasteiger partial charge in [0.05, 0.1) is 5.41 Å². The van der Waals surface area contributed by atoms with E-state index in [1.54, 1.807) is 11.8 Å². The minimum Gasteiger partial charge on any atom is -0.355 e. The average molecular weight is 256 g/mol. The van der Waals surface area contributed by atoms with E-state index in [9.17, 15) is 4.79 Å². The number of carbonyl (C=O) groups is 1. The predicted octanol–water partition coefficient (Wildman–Crippen LogP) is 1.80. The molecular weight excluding hydrogens is 232 g/mol. The molecule has 0 aromatic rings. The fourth-order valence-electron chi connectivity index (χ4n) is 2.33. The zero-order valence-corrected chi connectivity index (χ0v) is 11.6. The van der Waals surface area contributed by atoms with E-state index < -0.39 is 0 Å². The number of thioether (sulfide) groups is 1. The van der Waals surface area contributed by atoms with Crippen LogP contribution in [0.2, 0.25) is 0 Å². The molecule has 1 atom stereocenters. The minimum absolute atomic E-state index is 0.141. The molecule has 2 N–H and O–H groups in total. The Balaban J connectivity index is 2.30. The van der Waals surface area contributed by atoms with E-state index in [1.807, 2.05) is 6.08 Å². The predicted molar refractivity (Wildman–Crippen MR) is 75.4 cm³/mol. The van der Waals surface area contributed by atoms with Crippen LogP contribution in [0.4, 0.5) is 0 Å². The van der Waals surface area contributed by atoms with Crippen LogP contribution < -0.4 is 10.6 Å². The number of amides is 1. The molecule has 4 heteroatoms. The van der Waals surface area contributed by atoms with Crippen molar-refractivity contribution in [2.24, 2.45) is 5.41 Å². The third kappa shape index (κ3) is 4.36. The van der Waals surface area contributed by atoms with Crippen LogP contribution in [0.1, 0.15) is 26.2 Å². The van der Waals surface area contributed by atoms with Crippen LogP contribution in [0.5, 0.6) is 0 Å². The Hall–Kier alpha value is -0.480. The maximum absolute atomic E-state index is 12.2. The van der Waals surface area contributed by atoms with Crippen molar-refractivity contribution in [3.8, 4) is 0 Å². The third-order valence-corrected chi connectivity index (χ3v) is 4.19. The summed E-state index contributed by atoms with van der Waals surface area (Å²) in [6.45, 7) is 8.40. The number of hydrogen-bond donors (Lipinski definition) is 2. The fourth-order valence-corrected chi connectivity index (χ4v) is 2.91. The molecule has 0 bridgehead atoms. The van der Waals surface area contributed by atoms with Crippen molar-refractivity contribution in [2.45, 2.75) is 26.2 Å². The monoisotopic (exact) mass is 256 g/mol. The van der Waals surface area contributed by atoms with E-state index in [-0.39, 0.29) is 11.3 Å². The molecule has 0 aliphatic carbocycles. The fraction of sp³-hybridized carbons (Fsp3) is 0.769. The Morgan fingerprint density at radius 3 is 3.06 bits per heavy atom. The Kier molecular flexibility index (Phi) is 6.66. The van der Waals surface area contributed by atoms with Gasteiger partial charge in [0, 0.05) is 24.6 Å². The second-order valence-corrected chi connectivity index (χ2v) is 5.73. The van der Waals surface area contributed by atoms with Gasteiger partial charge < -0.3 is 10.6 Å². The summed E-state index contributed by atoms with van der Waals surface area (Å²) in [4.78, 5) is 12.2. The summed E-state index contributed by atoms with van der Waals surface area (Å²) in [5.41, 5.74) is -0.141. The van der Waals surface area contributed by atoms with Crippen LogP contribution in [0.15, 0.2) is 12.7 Å². The molecule has 3 nitrogen and oxygen atoms in total. The van der Waals surface area contributed by atoms with Gasteiger partial charge in [-0.1, -0.05) is 19.4 Å². The molecule has 1 saturated heterocycles. The van der Waals surface area contributed by atoms with Crippen molar-refractivity contribution in [1.82, 2.24) is 10.6 Å². The summed E-state index contributed by atoms with van der Waals surface area (Å²) in [5, 5.41) is 6.39. The van der Waals surface area contributed by atoms with Crippen LogP contribution in [-0.2, 0) is 4.79 Å². The van der Waals surface area contributed by atoms with E-state index in [2.05, 4.69) is 24.1 Å². The first-order valence-electron chi connectivity index (χ1n) is 6.43. The zero-order valence-electron chi connectivity index (χ0n) is 10.8. The molecule has 1 unspecified atom stereocenters. The van der Waals surface area contributed by atoms with Gasteiger partial charge in [0.15, 0.2) is 0 Å². The number of hydrogen-bond acceptors (Lipinski definition) is 3. The normalized spacial score (nSPS) is 23.6. The van der Waals surface area contributed by atoms with Gasteiger partial charge in [-0.3, -0.25) is 4.79 Å². The molecule has 0 radical (unpaired) electrons. The van der Waals surface area contributed by atoms with E-state index >= 15 is 0 Å². The highest BCUT2D eigenvalue weighted by atomic mass is 32.2. The lowest BCUT2D eigenvalue weighted by atomic mass is 9.81. The summed E-state index contributed by atoms with van der Waals surface area (Å²) in [6.07, 6.45) is 4.93. The van der Waals surface area contributed by atoms with Crippen LogP contribution in [0.25, 0.3) is 0 Å². The number of nitrogens with one attached hydrogen (secondary N) is 2. The van der Waals surface area contributed by atoms with Crippen molar-refractivity contribution in [1.29, 1.82) is 0 Å². The lowest BCUT2D eigenvalue weighted by molar-refractivity contribution is -0.130. The Bertz CT molecular complexity index is 250. The molecule has 1 rings (SSSR count). The second-order valence-electron chi connectivity index (χ2n) is 4.58. The zero-order chi connectivity index (χ0) is 12.6. The van der Waals surface area contributed by atoms with Gasteiger partial charge >= 0.3 is 0 Å². The minimum atomic E-state index is -0.141. The summed E-state index contributed by atoms with van der Waals surface area (Å²) in [6, 6.07) is 0. The average Bonchev–Trinajstić information content (AvgIpc) is 2.79. The van der Waals surface area contributed by atoms with Crippen molar-refractivity contribution in [2.75, 3.05) is 31.1 Å². The first-order chi connectivity index (χ1) is 8.25. The molecule has 0 aromatic carbocycles. The quantitative estimate of drug-likeness (QED) is 0.514. The topological polar surface area (TPSA) is 41.1 Å². The Morgan fingerprint density at radius 2 is 2.47 bits per heavy atom. The standard InChI is InChI=1S/C13H24N2OS/c1-3-5-13(6-7-14-11-13)12(16)15-8-10-17-9-4-2/h4,14H,2-3,5-11H2,1H3,(H,15,16). The van der Waals surface area contributed by atoms with Gasteiger partial charge in [-0.25, -0.2) is 0 Å². The van der Waals surface area contributed by atoms with E-state index in [0.29, 0.717) is 0 Å². The molecule has 1 fully saturated rings. The summed E-state index contributed by atoms with van der Waals surface area (Å²) in [5.74, 6) is 2.16. The lowest BCUT2D eigenvalue weighted by Gasteiger charge is -2.26. The van der Waals surface area contributed by atoms with Gasteiger partial charge in [0.1, 0.15) is 0 Å². The summed E-state index contributed by atoms with van der Waals surface area (Å²) < 4.78 is 0. The molecule has 1 heterocycles. The molecule has 0 saturated carbocycles. The summed E-state index contributed by atoms with van der Waals surface area (Å²) >= 11 is 1.80. The molecule has 1 amide bonds. The number of carbonyl (C=O) groups excluding carboxylic acids is 1. The van der Waals surface area contributed by atoms with Crippen molar-refractivity contribution < 1.29 is 4.79 Å². The maximum atomic E-state index is 12.2. The molecule has 1 aliphatic rings. The summed E-state index contributed by atoms with van der Waals surface area (Å²) in [7, 11) is 0. The maximum Gasteiger partial charge on any atom is 0.227 e. The van der Waals surface area contributed by atoms with Crippen molar-refractivity contribution in [3.05, 3.63) is 12.7 Å². The molecule has 1 aliphatic heterocycles. The Labute approximate surface area is 109 Å². The molecular formula is C13H24N2OS. The SMILES string of the molecule is C=CCSCCNC(=O)C1(CCC)CCNC1. The van der Waals surface area contributed by atoms with Crippen LogP contribution in [0.3, 0.4) is 0 Å². The van der Waals surface area contributed by atoms with Gasteiger partial charge in [-0.15, -0.1) is 6.58 Å². The van der Waals surface area contributed by atoms with E-state index in [4.69, 9.17) is 0 Å². The van der Waals surface area contributed by atoms with Crippen LogP contribution >= 0.6 is 11.8 Å². The van der Waals surface area contributed by atoms with Crippen molar-refractivity contribution in [3.63, 3.8) is 0 Å². The molecule has 17 heavy (non-hydrogen) atoms. The van der Waals surface area contributed by atoms with Gasteiger partial charge in [0.2, 0.25) is 5.91 Å². The van der Waals surface area contributed by atoms with Gasteiger partial charge in [-0.05, 0) is 19.4 Å². The van der Waals surface area contributed by atoms with E-state index in [0.717, 1.165) is 50.4 Å². The highest BCUT2D eigenvalue weighted by Gasteiger charge is 2.39. The molecule has 98 valence electrons. The smallest absolute Gasteiger partial charge is 0.227 e. The number of rotatable bonds is 8. The molecule has 0 aromatic heterocycles. The Morgan fingerprint density at radius 1 is 1.65 bits per heavy atom. The van der Waals surface area contributed by atoms with E-state index in [1.165, 1.54) is 0 Å². The largest absolute Gasteiger partial charge is 0.355 e. The third-order valence-electron chi connectivity index (χ3n) is 3.22. The first-order valence-corrected chi connectivity index (χ1v) is 7.58. The first kappa shape index (κ1) is 14.6. The highest BCUT2D eigenvalue weighted by Crippen LogP contribution is 2.31. The second kappa shape index (κ2) is 7.77. The van der Waals surface area contributed by atoms with Crippen LogP contribution in [-0.4, -0.2) is 37.0 Å². The van der Waals surface area contributed by atoms with Crippen LogP contribution in [0, 0.1) is 5.41 Å². The lowest BCUT2D eigenvalue weighted by Crippen LogP contribution is -2.43. The van der Waals surface area contributed by atoms with Gasteiger partial charge in [0.25, 0.3) is 0 Å². The highest BCUT2D eigenvalue weighted by molar-refractivity contribution is 7.99. The van der Waals surface area contributed by atoms with Gasteiger partial charge in [-0.2, -0.15) is 11.8 Å². The van der Waals surface area contributed by atoms with Crippen molar-refractivity contribution >= 4 is 17.7 Å².